The smallest absolute Gasteiger partial charge is 0.354 e. The van der Waals surface area contributed by atoms with Crippen molar-refractivity contribution in [1.82, 2.24) is 19.5 Å². The van der Waals surface area contributed by atoms with Gasteiger partial charge in [-0.3, -0.25) is 0 Å². The third kappa shape index (κ3) is 4.11. The average Bonchev–Trinajstić information content (AvgIpc) is 3.04. The lowest BCUT2D eigenvalue weighted by atomic mass is 9.94. The molecule has 8 heteroatoms. The number of rotatable bonds is 6. The van der Waals surface area contributed by atoms with Gasteiger partial charge in [0.1, 0.15) is 5.82 Å². The Morgan fingerprint density at radius 3 is 2.76 bits per heavy atom. The number of hydrogen-bond donors (Lipinski definition) is 1. The molecule has 0 aliphatic heterocycles. The van der Waals surface area contributed by atoms with E-state index in [1.54, 1.807) is 6.20 Å². The van der Waals surface area contributed by atoms with Crippen LogP contribution in [0.5, 0.6) is 0 Å². The second kappa shape index (κ2) is 7.41. The zero-order valence-corrected chi connectivity index (χ0v) is 14.2. The van der Waals surface area contributed by atoms with Crippen LogP contribution in [0.15, 0.2) is 12.4 Å². The van der Waals surface area contributed by atoms with Crippen LogP contribution in [0.25, 0.3) is 0 Å². The minimum atomic E-state index is -4.44. The lowest BCUT2D eigenvalue weighted by Gasteiger charge is -2.20. The molecule has 0 spiro atoms. The highest BCUT2D eigenvalue weighted by Crippen LogP contribution is 2.35. The fourth-order valence-electron chi connectivity index (χ4n) is 3.22. The highest BCUT2D eigenvalue weighted by Gasteiger charge is 2.37. The van der Waals surface area contributed by atoms with Crippen molar-refractivity contribution in [1.29, 1.82) is 0 Å². The number of halogens is 3. The second-order valence-corrected chi connectivity index (χ2v) is 6.20. The Labute approximate surface area is 144 Å². The predicted molar refractivity (Wildman–Crippen MR) is 88.4 cm³/mol. The van der Waals surface area contributed by atoms with Gasteiger partial charge >= 0.3 is 6.18 Å². The SMILES string of the molecule is CCc1nccn1CCCNc1nc2c(c(C(F)(F)F)n1)CCCC2. The minimum Gasteiger partial charge on any atom is -0.354 e. The Bertz CT molecular complexity index is 724. The van der Waals surface area contributed by atoms with Gasteiger partial charge in [-0.15, -0.1) is 0 Å². The predicted octanol–water partition coefficient (Wildman–Crippen LogP) is 3.64. The second-order valence-electron chi connectivity index (χ2n) is 6.20. The number of alkyl halides is 3. The first-order chi connectivity index (χ1) is 12.0. The van der Waals surface area contributed by atoms with Crippen LogP contribution in [-0.2, 0) is 32.0 Å². The van der Waals surface area contributed by atoms with E-state index in [-0.39, 0.29) is 11.5 Å². The summed E-state index contributed by atoms with van der Waals surface area (Å²) in [5.74, 6) is 1.08. The number of fused-ring (bicyclic) bond motifs is 1. The molecule has 5 nitrogen and oxygen atoms in total. The highest BCUT2D eigenvalue weighted by atomic mass is 19.4. The summed E-state index contributed by atoms with van der Waals surface area (Å²) in [7, 11) is 0. The van der Waals surface area contributed by atoms with Gasteiger partial charge in [0.15, 0.2) is 5.69 Å². The molecule has 0 unspecified atom stereocenters. The number of aryl methyl sites for hydroxylation is 3. The van der Waals surface area contributed by atoms with E-state index in [0.29, 0.717) is 25.1 Å². The van der Waals surface area contributed by atoms with Gasteiger partial charge in [-0.2, -0.15) is 13.2 Å². The van der Waals surface area contributed by atoms with Gasteiger partial charge in [0, 0.05) is 43.2 Å². The summed E-state index contributed by atoms with van der Waals surface area (Å²) in [5, 5.41) is 2.95. The fourth-order valence-corrected chi connectivity index (χ4v) is 3.22. The molecule has 2 aromatic heterocycles. The maximum absolute atomic E-state index is 13.3. The Kier molecular flexibility index (Phi) is 5.24. The van der Waals surface area contributed by atoms with Crippen LogP contribution in [-0.4, -0.2) is 26.1 Å². The Morgan fingerprint density at radius 1 is 1.20 bits per heavy atom. The molecule has 0 saturated heterocycles. The minimum absolute atomic E-state index is 0.0781. The van der Waals surface area contributed by atoms with Crippen LogP contribution in [0.4, 0.5) is 19.1 Å². The number of hydrogen-bond acceptors (Lipinski definition) is 4. The molecule has 1 aliphatic carbocycles. The topological polar surface area (TPSA) is 55.6 Å². The fraction of sp³-hybridized carbons (Fsp3) is 0.588. The molecule has 2 aromatic rings. The standard InChI is InChI=1S/C17H22F3N5/c1-2-14-21-9-11-25(14)10-5-8-22-16-23-13-7-4-3-6-12(13)15(24-16)17(18,19)20/h9,11H,2-8,10H2,1H3,(H,22,23,24). The summed E-state index contributed by atoms with van der Waals surface area (Å²) in [4.78, 5) is 12.3. The van der Waals surface area contributed by atoms with Crippen LogP contribution in [0.2, 0.25) is 0 Å². The van der Waals surface area contributed by atoms with E-state index in [0.717, 1.165) is 38.1 Å². The first-order valence-electron chi connectivity index (χ1n) is 8.70. The van der Waals surface area contributed by atoms with Crippen LogP contribution in [0.3, 0.4) is 0 Å². The maximum Gasteiger partial charge on any atom is 0.433 e. The Hall–Kier alpha value is -2.12. The van der Waals surface area contributed by atoms with Gasteiger partial charge < -0.3 is 9.88 Å². The number of nitrogens with one attached hydrogen (secondary N) is 1. The summed E-state index contributed by atoms with van der Waals surface area (Å²) >= 11 is 0. The van der Waals surface area contributed by atoms with E-state index in [1.165, 1.54) is 0 Å². The third-order valence-corrected chi connectivity index (χ3v) is 4.43. The third-order valence-electron chi connectivity index (χ3n) is 4.43. The Balaban J connectivity index is 1.66. The largest absolute Gasteiger partial charge is 0.433 e. The van der Waals surface area contributed by atoms with Crippen molar-refractivity contribution in [2.24, 2.45) is 0 Å². The van der Waals surface area contributed by atoms with E-state index in [9.17, 15) is 13.2 Å². The molecular formula is C17H22F3N5. The molecular weight excluding hydrogens is 331 g/mol. The summed E-state index contributed by atoms with van der Waals surface area (Å²) < 4.78 is 41.9. The molecule has 136 valence electrons. The molecule has 0 saturated carbocycles. The van der Waals surface area contributed by atoms with Crippen molar-refractivity contribution in [2.75, 3.05) is 11.9 Å². The van der Waals surface area contributed by atoms with Gasteiger partial charge in [-0.1, -0.05) is 6.92 Å². The summed E-state index contributed by atoms with van der Waals surface area (Å²) in [6.45, 7) is 3.31. The summed E-state index contributed by atoms with van der Waals surface area (Å²) in [6.07, 6.45) is 3.47. The van der Waals surface area contributed by atoms with Gasteiger partial charge in [-0.25, -0.2) is 15.0 Å². The molecule has 25 heavy (non-hydrogen) atoms. The molecule has 1 N–H and O–H groups in total. The highest BCUT2D eigenvalue weighted by molar-refractivity contribution is 5.37. The van der Waals surface area contributed by atoms with Gasteiger partial charge in [0.05, 0.1) is 0 Å². The average molecular weight is 353 g/mol. The van der Waals surface area contributed by atoms with Crippen LogP contribution in [0, 0.1) is 0 Å². The molecule has 0 radical (unpaired) electrons. The van der Waals surface area contributed by atoms with Crippen LogP contribution >= 0.6 is 0 Å². The Morgan fingerprint density at radius 2 is 2.00 bits per heavy atom. The summed E-state index contributed by atoms with van der Waals surface area (Å²) in [5.41, 5.74) is 0.0387. The summed E-state index contributed by atoms with van der Waals surface area (Å²) in [6, 6.07) is 0. The monoisotopic (exact) mass is 353 g/mol. The van der Waals surface area contributed by atoms with Crippen LogP contribution < -0.4 is 5.32 Å². The van der Waals surface area contributed by atoms with Crippen LogP contribution in [0.1, 0.15) is 49.0 Å². The van der Waals surface area contributed by atoms with Gasteiger partial charge in [0.2, 0.25) is 5.95 Å². The number of aromatic nitrogens is 4. The lowest BCUT2D eigenvalue weighted by molar-refractivity contribution is -0.142. The zero-order chi connectivity index (χ0) is 17.9. The van der Waals surface area contributed by atoms with Crippen molar-refractivity contribution in [3.63, 3.8) is 0 Å². The van der Waals surface area contributed by atoms with Crippen molar-refractivity contribution < 1.29 is 13.2 Å². The van der Waals surface area contributed by atoms with E-state index in [2.05, 4.69) is 24.8 Å². The van der Waals surface area contributed by atoms with E-state index < -0.39 is 11.9 Å². The van der Waals surface area contributed by atoms with Crippen molar-refractivity contribution in [3.8, 4) is 0 Å². The zero-order valence-electron chi connectivity index (χ0n) is 14.2. The quantitative estimate of drug-likeness (QED) is 0.806. The normalized spacial score (nSPS) is 14.4. The lowest BCUT2D eigenvalue weighted by Crippen LogP contribution is -2.20. The maximum atomic E-state index is 13.3. The molecule has 1 aliphatic rings. The van der Waals surface area contributed by atoms with E-state index in [4.69, 9.17) is 0 Å². The number of anilines is 1. The van der Waals surface area contributed by atoms with Crippen molar-refractivity contribution in [2.45, 2.75) is 58.2 Å². The molecule has 0 aromatic carbocycles. The molecule has 0 fully saturated rings. The molecule has 0 amide bonds. The molecule has 0 bridgehead atoms. The molecule has 2 heterocycles. The number of nitrogens with zero attached hydrogens (tertiary/aromatic N) is 4. The van der Waals surface area contributed by atoms with E-state index in [1.807, 2.05) is 13.1 Å². The van der Waals surface area contributed by atoms with Gasteiger partial charge in [-0.05, 0) is 32.1 Å². The molecule has 0 atom stereocenters. The first kappa shape index (κ1) is 17.7. The first-order valence-corrected chi connectivity index (χ1v) is 8.70. The van der Waals surface area contributed by atoms with Crippen molar-refractivity contribution >= 4 is 5.95 Å². The molecule has 3 rings (SSSR count). The van der Waals surface area contributed by atoms with Crippen molar-refractivity contribution in [3.05, 3.63) is 35.2 Å². The van der Waals surface area contributed by atoms with Gasteiger partial charge in [0.25, 0.3) is 0 Å². The van der Waals surface area contributed by atoms with E-state index >= 15 is 0 Å². The number of imidazole rings is 1.